The molecule has 7 nitrogen and oxygen atoms in total. The maximum Gasteiger partial charge on any atom is 0.220 e. The number of piperidine rings is 1. The lowest BCUT2D eigenvalue weighted by Gasteiger charge is -2.35. The number of carbonyl (C=O) groups excluding carboxylic acids is 1. The standard InChI is InChI=1S/C19H27FN6O/c1-4-19(2,3)26-18(22-23-24-26)16(14-7-5-6-8-15(14)20)25-11-9-13(10-12-25)17(21)27/h5-8,13,16H,4,9-12H2,1-3H3,(H2,21,27)/p+1/t16-/m0/s1. The summed E-state index contributed by atoms with van der Waals surface area (Å²) < 4.78 is 16.6. The highest BCUT2D eigenvalue weighted by Gasteiger charge is 2.39. The molecule has 2 heterocycles. The molecule has 0 saturated carbocycles. The lowest BCUT2D eigenvalue weighted by molar-refractivity contribution is -0.932. The molecule has 2 aromatic rings. The first kappa shape index (κ1) is 19.4. The molecule has 0 spiro atoms. The van der Waals surface area contributed by atoms with Crippen LogP contribution in [0.25, 0.3) is 0 Å². The van der Waals surface area contributed by atoms with Gasteiger partial charge in [0, 0.05) is 18.8 Å². The van der Waals surface area contributed by atoms with Crippen molar-refractivity contribution in [1.82, 2.24) is 20.2 Å². The van der Waals surface area contributed by atoms with E-state index in [4.69, 9.17) is 5.73 Å². The topological polar surface area (TPSA) is 91.1 Å². The molecule has 1 aromatic carbocycles. The van der Waals surface area contributed by atoms with Crippen LogP contribution in [0, 0.1) is 11.7 Å². The predicted molar refractivity (Wildman–Crippen MR) is 98.3 cm³/mol. The lowest BCUT2D eigenvalue weighted by Crippen LogP contribution is -3.13. The van der Waals surface area contributed by atoms with Crippen LogP contribution in [-0.4, -0.2) is 39.2 Å². The number of hydrogen-bond acceptors (Lipinski definition) is 4. The molecule has 1 fully saturated rings. The van der Waals surface area contributed by atoms with E-state index in [-0.39, 0.29) is 29.2 Å². The number of carbonyl (C=O) groups is 1. The van der Waals surface area contributed by atoms with Gasteiger partial charge in [0.05, 0.1) is 24.2 Å². The minimum Gasteiger partial charge on any atom is -0.369 e. The van der Waals surface area contributed by atoms with Crippen LogP contribution in [0.2, 0.25) is 0 Å². The second kappa shape index (κ2) is 7.72. The third-order valence-electron chi connectivity index (χ3n) is 5.85. The van der Waals surface area contributed by atoms with Crippen molar-refractivity contribution >= 4 is 5.91 Å². The van der Waals surface area contributed by atoms with Gasteiger partial charge in [-0.3, -0.25) is 4.79 Å². The third-order valence-corrected chi connectivity index (χ3v) is 5.85. The number of aromatic nitrogens is 4. The van der Waals surface area contributed by atoms with Crippen LogP contribution in [-0.2, 0) is 10.3 Å². The van der Waals surface area contributed by atoms with E-state index in [1.165, 1.54) is 6.07 Å². The van der Waals surface area contributed by atoms with E-state index in [9.17, 15) is 9.18 Å². The number of tetrazole rings is 1. The molecule has 146 valence electrons. The van der Waals surface area contributed by atoms with Crippen LogP contribution < -0.4 is 10.6 Å². The number of halogens is 1. The summed E-state index contributed by atoms with van der Waals surface area (Å²) in [5, 5.41) is 12.4. The Bertz CT molecular complexity index is 797. The van der Waals surface area contributed by atoms with Gasteiger partial charge in [-0.2, -0.15) is 0 Å². The normalized spacial score (nSPS) is 21.8. The van der Waals surface area contributed by atoms with Gasteiger partial charge in [0.1, 0.15) is 5.82 Å². The molecule has 1 saturated heterocycles. The molecule has 0 bridgehead atoms. The van der Waals surface area contributed by atoms with Gasteiger partial charge in [-0.25, -0.2) is 9.07 Å². The number of quaternary nitrogens is 1. The van der Waals surface area contributed by atoms with E-state index in [0.29, 0.717) is 37.3 Å². The number of benzene rings is 1. The number of amides is 1. The van der Waals surface area contributed by atoms with Crippen LogP contribution >= 0.6 is 0 Å². The number of hydrogen-bond donors (Lipinski definition) is 2. The molecule has 3 rings (SSSR count). The second-order valence-electron chi connectivity index (χ2n) is 7.90. The Morgan fingerprint density at radius 1 is 1.37 bits per heavy atom. The molecular formula is C19H28FN6O+. The zero-order valence-corrected chi connectivity index (χ0v) is 16.2. The molecule has 1 atom stereocenters. The molecular weight excluding hydrogens is 347 g/mol. The smallest absolute Gasteiger partial charge is 0.220 e. The number of primary amides is 1. The van der Waals surface area contributed by atoms with Gasteiger partial charge in [0.25, 0.3) is 0 Å². The van der Waals surface area contributed by atoms with E-state index in [1.807, 2.05) is 10.7 Å². The van der Waals surface area contributed by atoms with Crippen LogP contribution in [0.4, 0.5) is 4.39 Å². The molecule has 1 aliphatic rings. The fraction of sp³-hybridized carbons (Fsp3) is 0.579. The number of rotatable bonds is 6. The summed E-state index contributed by atoms with van der Waals surface area (Å²) in [5.74, 6) is 0.0156. The SMILES string of the molecule is CCC(C)(C)n1nnnc1[C@H](c1ccccc1F)[NH+]1CCC(C(N)=O)CC1. The quantitative estimate of drug-likeness (QED) is 0.782. The minimum atomic E-state index is -0.333. The summed E-state index contributed by atoms with van der Waals surface area (Å²) in [4.78, 5) is 12.7. The van der Waals surface area contributed by atoms with Crippen molar-refractivity contribution in [2.75, 3.05) is 13.1 Å². The van der Waals surface area contributed by atoms with E-state index in [2.05, 4.69) is 36.3 Å². The van der Waals surface area contributed by atoms with Crippen molar-refractivity contribution in [1.29, 1.82) is 0 Å². The Morgan fingerprint density at radius 3 is 2.63 bits per heavy atom. The van der Waals surface area contributed by atoms with Gasteiger partial charge in [0.15, 0.2) is 6.04 Å². The molecule has 1 amide bonds. The first-order valence-corrected chi connectivity index (χ1v) is 9.52. The zero-order valence-electron chi connectivity index (χ0n) is 16.2. The molecule has 3 N–H and O–H groups in total. The van der Waals surface area contributed by atoms with Crippen LogP contribution in [0.5, 0.6) is 0 Å². The zero-order chi connectivity index (χ0) is 19.6. The number of nitrogens with zero attached hydrogens (tertiary/aromatic N) is 4. The van der Waals surface area contributed by atoms with Gasteiger partial charge in [-0.1, -0.05) is 19.1 Å². The van der Waals surface area contributed by atoms with E-state index < -0.39 is 0 Å². The highest BCUT2D eigenvalue weighted by atomic mass is 19.1. The molecule has 1 aliphatic heterocycles. The highest BCUT2D eigenvalue weighted by Crippen LogP contribution is 2.26. The van der Waals surface area contributed by atoms with Gasteiger partial charge >= 0.3 is 0 Å². The van der Waals surface area contributed by atoms with Gasteiger partial charge in [-0.05, 0) is 42.8 Å². The molecule has 0 aliphatic carbocycles. The summed E-state index contributed by atoms with van der Waals surface area (Å²) in [5.41, 5.74) is 5.77. The number of likely N-dealkylation sites (tertiary alicyclic amines) is 1. The van der Waals surface area contributed by atoms with Crippen LogP contribution in [0.15, 0.2) is 24.3 Å². The average Bonchev–Trinajstić information content (AvgIpc) is 3.14. The van der Waals surface area contributed by atoms with E-state index >= 15 is 0 Å². The Morgan fingerprint density at radius 2 is 2.04 bits per heavy atom. The van der Waals surface area contributed by atoms with Gasteiger partial charge in [-0.15, -0.1) is 5.10 Å². The third kappa shape index (κ3) is 3.85. The Balaban J connectivity index is 2.02. The first-order valence-electron chi connectivity index (χ1n) is 9.52. The molecule has 0 unspecified atom stereocenters. The minimum absolute atomic E-state index is 0.113. The fourth-order valence-corrected chi connectivity index (χ4v) is 3.77. The maximum atomic E-state index is 14.7. The summed E-state index contributed by atoms with van der Waals surface area (Å²) in [6, 6.07) is 6.45. The van der Waals surface area contributed by atoms with Crippen molar-refractivity contribution in [3.63, 3.8) is 0 Å². The Kier molecular flexibility index (Phi) is 5.55. The largest absolute Gasteiger partial charge is 0.369 e. The Hall–Kier alpha value is -2.35. The predicted octanol–water partition coefficient (Wildman–Crippen LogP) is 0.827. The van der Waals surface area contributed by atoms with Crippen molar-refractivity contribution in [2.24, 2.45) is 11.7 Å². The number of nitrogens with two attached hydrogens (primary N) is 1. The van der Waals surface area contributed by atoms with Crippen molar-refractivity contribution in [3.05, 3.63) is 41.5 Å². The lowest BCUT2D eigenvalue weighted by atomic mass is 9.93. The maximum absolute atomic E-state index is 14.7. The van der Waals surface area contributed by atoms with Gasteiger partial charge in [0.2, 0.25) is 11.7 Å². The van der Waals surface area contributed by atoms with Crippen molar-refractivity contribution in [3.8, 4) is 0 Å². The van der Waals surface area contributed by atoms with Crippen molar-refractivity contribution < 1.29 is 14.1 Å². The van der Waals surface area contributed by atoms with E-state index in [1.54, 1.807) is 12.1 Å². The summed E-state index contributed by atoms with van der Waals surface area (Å²) in [6.07, 6.45) is 2.22. The number of nitrogens with one attached hydrogen (secondary N) is 1. The summed E-state index contributed by atoms with van der Waals surface area (Å²) in [7, 11) is 0. The van der Waals surface area contributed by atoms with Gasteiger partial charge < -0.3 is 10.6 Å². The summed E-state index contributed by atoms with van der Waals surface area (Å²) in [6.45, 7) is 7.65. The molecule has 0 radical (unpaired) electrons. The molecule has 27 heavy (non-hydrogen) atoms. The van der Waals surface area contributed by atoms with Crippen LogP contribution in [0.1, 0.15) is 57.5 Å². The fourth-order valence-electron chi connectivity index (χ4n) is 3.77. The molecule has 8 heteroatoms. The Labute approximate surface area is 158 Å². The first-order chi connectivity index (χ1) is 12.8. The summed E-state index contributed by atoms with van der Waals surface area (Å²) >= 11 is 0. The molecule has 1 aromatic heterocycles. The monoisotopic (exact) mass is 375 g/mol. The van der Waals surface area contributed by atoms with Crippen molar-refractivity contribution in [2.45, 2.75) is 51.6 Å². The second-order valence-corrected chi connectivity index (χ2v) is 7.90. The van der Waals surface area contributed by atoms with E-state index in [0.717, 1.165) is 11.3 Å². The highest BCUT2D eigenvalue weighted by molar-refractivity contribution is 5.76. The average molecular weight is 375 g/mol. The van der Waals surface area contributed by atoms with Crippen LogP contribution in [0.3, 0.4) is 0 Å².